The van der Waals surface area contributed by atoms with Crippen LogP contribution >= 0.6 is 0 Å². The quantitative estimate of drug-likeness (QED) is 0.621. The van der Waals surface area contributed by atoms with Gasteiger partial charge in [0.2, 0.25) is 0 Å². The molecule has 0 heterocycles. The molecule has 1 rings (SSSR count). The molecule has 0 aliphatic rings. The van der Waals surface area contributed by atoms with E-state index in [1.54, 1.807) is 0 Å². The molecular weight excluding hydrogens is 244 g/mol. The average Bonchev–Trinajstić information content (AvgIpc) is 2.46. The monoisotopic (exact) mass is 266 g/mol. The molecule has 19 heavy (non-hydrogen) atoms. The van der Waals surface area contributed by atoms with Gasteiger partial charge in [0.25, 0.3) is 0 Å². The van der Waals surface area contributed by atoms with Crippen LogP contribution in [0.4, 0.5) is 0 Å². The molecule has 1 aromatic carbocycles. The van der Waals surface area contributed by atoms with Crippen molar-refractivity contribution >= 4 is 6.08 Å². The number of ether oxygens (including phenoxy) is 3. The van der Waals surface area contributed by atoms with Gasteiger partial charge in [-0.25, -0.2) is 0 Å². The largest absolute Gasteiger partial charge is 0.394 e. The lowest BCUT2D eigenvalue weighted by Crippen LogP contribution is -2.10. The van der Waals surface area contributed by atoms with Crippen molar-refractivity contribution in [2.45, 2.75) is 6.61 Å². The molecule has 0 spiro atoms. The predicted octanol–water partition coefficient (Wildman–Crippen LogP) is 1.87. The Balaban J connectivity index is 1.96. The van der Waals surface area contributed by atoms with Crippen molar-refractivity contribution in [3.63, 3.8) is 0 Å². The van der Waals surface area contributed by atoms with Gasteiger partial charge in [0.05, 0.1) is 46.2 Å². The lowest BCUT2D eigenvalue weighted by Gasteiger charge is -2.06. The zero-order chi connectivity index (χ0) is 13.8. The van der Waals surface area contributed by atoms with Gasteiger partial charge in [-0.1, -0.05) is 36.9 Å². The lowest BCUT2D eigenvalue weighted by molar-refractivity contribution is 0.00451. The summed E-state index contributed by atoms with van der Waals surface area (Å²) in [5.41, 5.74) is 2.24. The van der Waals surface area contributed by atoms with Crippen LogP contribution in [0.15, 0.2) is 30.8 Å². The van der Waals surface area contributed by atoms with E-state index in [4.69, 9.17) is 19.3 Å². The predicted molar refractivity (Wildman–Crippen MR) is 74.9 cm³/mol. The van der Waals surface area contributed by atoms with Crippen LogP contribution < -0.4 is 0 Å². The van der Waals surface area contributed by atoms with Crippen molar-refractivity contribution in [1.29, 1.82) is 0 Å². The molecular formula is C15H22O4. The Kier molecular flexibility index (Phi) is 8.93. The minimum atomic E-state index is 0.0494. The molecule has 4 heteroatoms. The highest BCUT2D eigenvalue weighted by Gasteiger charge is 1.94. The van der Waals surface area contributed by atoms with Crippen molar-refractivity contribution in [3.05, 3.63) is 42.0 Å². The number of rotatable bonds is 11. The minimum Gasteiger partial charge on any atom is -0.394 e. The van der Waals surface area contributed by atoms with E-state index in [1.165, 1.54) is 0 Å². The van der Waals surface area contributed by atoms with Gasteiger partial charge < -0.3 is 19.3 Å². The number of hydrogen-bond donors (Lipinski definition) is 1. The van der Waals surface area contributed by atoms with E-state index >= 15 is 0 Å². The molecule has 0 saturated heterocycles. The van der Waals surface area contributed by atoms with E-state index in [9.17, 15) is 0 Å². The van der Waals surface area contributed by atoms with E-state index in [-0.39, 0.29) is 6.61 Å². The first-order valence-corrected chi connectivity index (χ1v) is 6.42. The van der Waals surface area contributed by atoms with Gasteiger partial charge in [0.15, 0.2) is 0 Å². The maximum absolute atomic E-state index is 8.49. The van der Waals surface area contributed by atoms with Crippen molar-refractivity contribution in [2.75, 3.05) is 39.6 Å². The first-order chi connectivity index (χ1) is 9.36. The summed E-state index contributed by atoms with van der Waals surface area (Å²) in [6.45, 7) is 6.84. The van der Waals surface area contributed by atoms with E-state index in [1.807, 2.05) is 30.3 Å². The zero-order valence-corrected chi connectivity index (χ0v) is 11.2. The van der Waals surface area contributed by atoms with E-state index in [0.29, 0.717) is 39.6 Å². The van der Waals surface area contributed by atoms with Gasteiger partial charge in [-0.15, -0.1) is 0 Å². The lowest BCUT2D eigenvalue weighted by atomic mass is 10.1. The summed E-state index contributed by atoms with van der Waals surface area (Å²) in [6, 6.07) is 8.09. The minimum absolute atomic E-state index is 0.0494. The molecule has 0 bridgehead atoms. The molecule has 0 radical (unpaired) electrons. The Bertz CT molecular complexity index is 335. The van der Waals surface area contributed by atoms with Gasteiger partial charge in [-0.05, 0) is 11.1 Å². The topological polar surface area (TPSA) is 47.9 Å². The number of aliphatic hydroxyl groups excluding tert-OH is 1. The fourth-order valence-corrected chi connectivity index (χ4v) is 1.44. The number of hydrogen-bond acceptors (Lipinski definition) is 4. The van der Waals surface area contributed by atoms with Crippen molar-refractivity contribution < 1.29 is 19.3 Å². The summed E-state index contributed by atoms with van der Waals surface area (Å²) in [5, 5.41) is 8.49. The molecule has 0 aliphatic carbocycles. The third-order valence-corrected chi connectivity index (χ3v) is 2.46. The van der Waals surface area contributed by atoms with Crippen LogP contribution in [0.1, 0.15) is 11.1 Å². The van der Waals surface area contributed by atoms with Gasteiger partial charge in [-0.2, -0.15) is 0 Å². The zero-order valence-electron chi connectivity index (χ0n) is 11.2. The highest BCUT2D eigenvalue weighted by molar-refractivity contribution is 5.47. The number of benzene rings is 1. The van der Waals surface area contributed by atoms with E-state index in [2.05, 4.69) is 6.58 Å². The Morgan fingerprint density at radius 1 is 0.895 bits per heavy atom. The Labute approximate surface area is 114 Å². The van der Waals surface area contributed by atoms with Gasteiger partial charge in [-0.3, -0.25) is 0 Å². The fourth-order valence-electron chi connectivity index (χ4n) is 1.44. The molecule has 0 fully saturated rings. The van der Waals surface area contributed by atoms with Crippen molar-refractivity contribution in [3.8, 4) is 0 Å². The van der Waals surface area contributed by atoms with Crippen LogP contribution in [-0.2, 0) is 20.8 Å². The summed E-state index contributed by atoms with van der Waals surface area (Å²) < 4.78 is 15.9. The molecule has 1 aromatic rings. The number of aliphatic hydroxyl groups is 1. The maximum Gasteiger partial charge on any atom is 0.0718 e. The van der Waals surface area contributed by atoms with E-state index in [0.717, 1.165) is 11.1 Å². The second-order valence-corrected chi connectivity index (χ2v) is 3.95. The molecule has 1 N–H and O–H groups in total. The summed E-state index contributed by atoms with van der Waals surface area (Å²) in [7, 11) is 0. The van der Waals surface area contributed by atoms with Crippen LogP contribution in [0.5, 0.6) is 0 Å². The second kappa shape index (κ2) is 10.7. The van der Waals surface area contributed by atoms with Crippen LogP contribution in [-0.4, -0.2) is 44.7 Å². The summed E-state index contributed by atoms with van der Waals surface area (Å²) in [5.74, 6) is 0. The molecule has 0 atom stereocenters. The van der Waals surface area contributed by atoms with Gasteiger partial charge in [0, 0.05) is 0 Å². The van der Waals surface area contributed by atoms with Crippen molar-refractivity contribution in [2.24, 2.45) is 0 Å². The summed E-state index contributed by atoms with van der Waals surface area (Å²) in [4.78, 5) is 0. The Hall–Kier alpha value is -1.20. The van der Waals surface area contributed by atoms with Crippen molar-refractivity contribution in [1.82, 2.24) is 0 Å². The van der Waals surface area contributed by atoms with E-state index < -0.39 is 0 Å². The smallest absolute Gasteiger partial charge is 0.0718 e. The van der Waals surface area contributed by atoms with Crippen LogP contribution in [0, 0.1) is 0 Å². The summed E-state index contributed by atoms with van der Waals surface area (Å²) >= 11 is 0. The first-order valence-electron chi connectivity index (χ1n) is 6.42. The highest BCUT2D eigenvalue weighted by Crippen LogP contribution is 2.06. The molecule has 0 unspecified atom stereocenters. The highest BCUT2D eigenvalue weighted by atomic mass is 16.5. The van der Waals surface area contributed by atoms with Crippen LogP contribution in [0.2, 0.25) is 0 Å². The third kappa shape index (κ3) is 7.74. The Morgan fingerprint density at radius 2 is 1.47 bits per heavy atom. The standard InChI is InChI=1S/C15H22O4/c1-2-14-3-5-15(6-4-14)13-19-12-11-18-10-9-17-8-7-16/h2-6,16H,1,7-13H2. The Morgan fingerprint density at radius 3 is 2.05 bits per heavy atom. The molecule has 4 nitrogen and oxygen atoms in total. The molecule has 0 aliphatic heterocycles. The molecule has 106 valence electrons. The SMILES string of the molecule is C=Cc1ccc(COCCOCCOCCO)cc1. The third-order valence-electron chi connectivity index (χ3n) is 2.46. The second-order valence-electron chi connectivity index (χ2n) is 3.95. The molecule has 0 aromatic heterocycles. The van der Waals surface area contributed by atoms with Gasteiger partial charge in [0.1, 0.15) is 0 Å². The first kappa shape index (κ1) is 15.9. The maximum atomic E-state index is 8.49. The molecule has 0 saturated carbocycles. The average molecular weight is 266 g/mol. The summed E-state index contributed by atoms with van der Waals surface area (Å²) in [6.07, 6.45) is 1.82. The van der Waals surface area contributed by atoms with Crippen LogP contribution in [0.25, 0.3) is 6.08 Å². The normalized spacial score (nSPS) is 10.6. The van der Waals surface area contributed by atoms with Crippen LogP contribution in [0.3, 0.4) is 0 Å². The van der Waals surface area contributed by atoms with Gasteiger partial charge >= 0.3 is 0 Å². The fraction of sp³-hybridized carbons (Fsp3) is 0.467. The molecule has 0 amide bonds.